The first-order chi connectivity index (χ1) is 10.7. The van der Waals surface area contributed by atoms with Crippen LogP contribution in [0.1, 0.15) is 0 Å². The maximum Gasteiger partial charge on any atom is 0.422 e. The highest BCUT2D eigenvalue weighted by molar-refractivity contribution is 7.91. The molecule has 0 saturated heterocycles. The van der Waals surface area contributed by atoms with Gasteiger partial charge < -0.3 is 9.47 Å². The maximum absolute atomic E-state index is 13.8. The third-order valence-electron chi connectivity index (χ3n) is 3.03. The molecule has 0 bridgehead atoms. The number of hydrogen-bond acceptors (Lipinski definition) is 4. The van der Waals surface area contributed by atoms with E-state index in [0.717, 1.165) is 24.3 Å². The normalized spacial score (nSPS) is 15.3. The van der Waals surface area contributed by atoms with Crippen molar-refractivity contribution < 1.29 is 35.5 Å². The minimum atomic E-state index is -4.53. The quantitative estimate of drug-likeness (QED) is 0.663. The summed E-state index contributed by atoms with van der Waals surface area (Å²) >= 11 is 0. The van der Waals surface area contributed by atoms with Crippen molar-refractivity contribution in [3.05, 3.63) is 42.2 Å². The van der Waals surface area contributed by atoms with E-state index < -0.39 is 33.3 Å². The number of sulfone groups is 1. The number of rotatable bonds is 2. The van der Waals surface area contributed by atoms with Crippen molar-refractivity contribution in [2.75, 3.05) is 6.61 Å². The molecule has 0 amide bonds. The highest BCUT2D eigenvalue weighted by atomic mass is 32.2. The Morgan fingerprint density at radius 3 is 2.52 bits per heavy atom. The van der Waals surface area contributed by atoms with E-state index in [0.29, 0.717) is 0 Å². The van der Waals surface area contributed by atoms with Crippen molar-refractivity contribution in [1.82, 2.24) is 0 Å². The number of fused-ring (bicyclic) bond motifs is 2. The Labute approximate surface area is 128 Å². The summed E-state index contributed by atoms with van der Waals surface area (Å²) in [5.41, 5.74) is 0. The molecule has 2 aromatic carbocycles. The first kappa shape index (κ1) is 15.6. The van der Waals surface area contributed by atoms with Crippen LogP contribution in [0.25, 0.3) is 0 Å². The summed E-state index contributed by atoms with van der Waals surface area (Å²) < 4.78 is 84.9. The van der Waals surface area contributed by atoms with Crippen molar-refractivity contribution in [1.29, 1.82) is 0 Å². The Morgan fingerprint density at radius 1 is 1.09 bits per heavy atom. The molecule has 2 aromatic rings. The van der Waals surface area contributed by atoms with E-state index in [2.05, 4.69) is 4.74 Å². The number of ether oxygens (including phenoxy) is 2. The molecule has 0 atom stereocenters. The summed E-state index contributed by atoms with van der Waals surface area (Å²) in [6.45, 7) is -1.52. The Balaban J connectivity index is 2.02. The third-order valence-corrected chi connectivity index (χ3v) is 4.88. The molecular formula is C14H8F4O4S. The van der Waals surface area contributed by atoms with Crippen molar-refractivity contribution in [3.8, 4) is 17.2 Å². The molecule has 0 saturated carbocycles. The lowest BCUT2D eigenvalue weighted by Crippen LogP contribution is -2.19. The molecule has 122 valence electrons. The second-order valence-electron chi connectivity index (χ2n) is 4.68. The number of alkyl halides is 3. The molecule has 9 heteroatoms. The van der Waals surface area contributed by atoms with E-state index in [4.69, 9.17) is 4.74 Å². The Bertz CT molecular complexity index is 875. The molecule has 0 aliphatic carbocycles. The SMILES string of the molecule is O=S1(=O)c2ccc(OCC(F)(F)F)cc2Oc2cccc(F)c21. The Morgan fingerprint density at radius 2 is 1.83 bits per heavy atom. The lowest BCUT2D eigenvalue weighted by Gasteiger charge is -2.21. The van der Waals surface area contributed by atoms with E-state index >= 15 is 0 Å². The van der Waals surface area contributed by atoms with Gasteiger partial charge in [0.2, 0.25) is 9.84 Å². The molecule has 0 spiro atoms. The summed E-state index contributed by atoms with van der Waals surface area (Å²) in [5, 5.41) is 0. The Hall–Kier alpha value is -2.29. The van der Waals surface area contributed by atoms with Gasteiger partial charge in [0.1, 0.15) is 32.9 Å². The average molecular weight is 348 g/mol. The molecule has 0 fully saturated rings. The molecule has 0 radical (unpaired) electrons. The largest absolute Gasteiger partial charge is 0.484 e. The van der Waals surface area contributed by atoms with Gasteiger partial charge in [0.15, 0.2) is 6.61 Å². The molecule has 0 N–H and O–H groups in total. The van der Waals surface area contributed by atoms with Crippen LogP contribution in [-0.2, 0) is 9.84 Å². The van der Waals surface area contributed by atoms with Gasteiger partial charge in [-0.1, -0.05) is 6.07 Å². The summed E-state index contributed by atoms with van der Waals surface area (Å²) in [7, 11) is -4.17. The lowest BCUT2D eigenvalue weighted by molar-refractivity contribution is -0.153. The van der Waals surface area contributed by atoms with E-state index in [-0.39, 0.29) is 22.1 Å². The third kappa shape index (κ3) is 2.83. The Kier molecular flexibility index (Phi) is 3.47. The van der Waals surface area contributed by atoms with Crippen molar-refractivity contribution >= 4 is 9.84 Å². The van der Waals surface area contributed by atoms with E-state index in [9.17, 15) is 26.0 Å². The van der Waals surface area contributed by atoms with Gasteiger partial charge in [-0.2, -0.15) is 13.2 Å². The van der Waals surface area contributed by atoms with Crippen LogP contribution in [0.5, 0.6) is 17.2 Å². The minimum absolute atomic E-state index is 0.212. The molecule has 4 nitrogen and oxygen atoms in total. The summed E-state index contributed by atoms with van der Waals surface area (Å²) in [5.74, 6) is -1.63. The van der Waals surface area contributed by atoms with Crippen LogP contribution in [0, 0.1) is 5.82 Å². The van der Waals surface area contributed by atoms with Gasteiger partial charge >= 0.3 is 6.18 Å². The predicted molar refractivity (Wildman–Crippen MR) is 69.9 cm³/mol. The lowest BCUT2D eigenvalue weighted by atomic mass is 10.3. The average Bonchev–Trinajstić information content (AvgIpc) is 2.43. The zero-order valence-electron chi connectivity index (χ0n) is 11.2. The molecule has 1 heterocycles. The van der Waals surface area contributed by atoms with Gasteiger partial charge in [0.05, 0.1) is 0 Å². The first-order valence-corrected chi connectivity index (χ1v) is 7.72. The summed E-state index contributed by atoms with van der Waals surface area (Å²) in [6.07, 6.45) is -4.53. The summed E-state index contributed by atoms with van der Waals surface area (Å²) in [4.78, 5) is -0.939. The monoisotopic (exact) mass is 348 g/mol. The van der Waals surface area contributed by atoms with Crippen LogP contribution < -0.4 is 9.47 Å². The number of benzene rings is 2. The van der Waals surface area contributed by atoms with Gasteiger partial charge in [-0.25, -0.2) is 12.8 Å². The van der Waals surface area contributed by atoms with Crippen LogP contribution in [0.4, 0.5) is 17.6 Å². The molecule has 1 aliphatic rings. The van der Waals surface area contributed by atoms with Crippen molar-refractivity contribution in [2.45, 2.75) is 16.0 Å². The molecular weight excluding hydrogens is 340 g/mol. The molecule has 0 unspecified atom stereocenters. The number of hydrogen-bond donors (Lipinski definition) is 0. The predicted octanol–water partition coefficient (Wildman–Crippen LogP) is 3.71. The van der Waals surface area contributed by atoms with Crippen LogP contribution >= 0.6 is 0 Å². The number of halogens is 4. The fourth-order valence-electron chi connectivity index (χ4n) is 2.10. The van der Waals surface area contributed by atoms with E-state index in [1.54, 1.807) is 0 Å². The highest BCUT2D eigenvalue weighted by Gasteiger charge is 2.35. The molecule has 23 heavy (non-hydrogen) atoms. The van der Waals surface area contributed by atoms with Crippen molar-refractivity contribution in [2.24, 2.45) is 0 Å². The van der Waals surface area contributed by atoms with E-state index in [1.165, 1.54) is 12.1 Å². The molecule has 1 aliphatic heterocycles. The fourth-order valence-corrected chi connectivity index (χ4v) is 3.64. The van der Waals surface area contributed by atoms with Crippen LogP contribution in [-0.4, -0.2) is 21.2 Å². The molecule has 3 rings (SSSR count). The zero-order valence-corrected chi connectivity index (χ0v) is 12.0. The summed E-state index contributed by atoms with van der Waals surface area (Å²) in [6, 6.07) is 6.59. The highest BCUT2D eigenvalue weighted by Crippen LogP contribution is 2.44. The fraction of sp³-hybridized carbons (Fsp3) is 0.143. The second-order valence-corrected chi connectivity index (χ2v) is 6.54. The van der Waals surface area contributed by atoms with Gasteiger partial charge in [-0.3, -0.25) is 0 Å². The van der Waals surface area contributed by atoms with Gasteiger partial charge in [-0.15, -0.1) is 0 Å². The maximum atomic E-state index is 13.8. The smallest absolute Gasteiger partial charge is 0.422 e. The van der Waals surface area contributed by atoms with Gasteiger partial charge in [0, 0.05) is 6.07 Å². The van der Waals surface area contributed by atoms with Gasteiger partial charge in [0.25, 0.3) is 0 Å². The topological polar surface area (TPSA) is 52.6 Å². The second kappa shape index (κ2) is 5.12. The van der Waals surface area contributed by atoms with Gasteiger partial charge in [-0.05, 0) is 24.3 Å². The van der Waals surface area contributed by atoms with E-state index in [1.807, 2.05) is 0 Å². The zero-order chi connectivity index (χ0) is 16.8. The first-order valence-electron chi connectivity index (χ1n) is 6.23. The molecule has 0 aromatic heterocycles. The van der Waals surface area contributed by atoms with Crippen molar-refractivity contribution in [3.63, 3.8) is 0 Å². The minimum Gasteiger partial charge on any atom is -0.484 e. The van der Waals surface area contributed by atoms with Crippen LogP contribution in [0.3, 0.4) is 0 Å². The standard InChI is InChI=1S/C14H8F4O4S/c15-9-2-1-3-10-13(9)23(19,20)12-5-4-8(6-11(12)22-10)21-7-14(16,17)18/h1-6H,7H2. The van der Waals surface area contributed by atoms with Crippen LogP contribution in [0.2, 0.25) is 0 Å². The van der Waals surface area contributed by atoms with Crippen LogP contribution in [0.15, 0.2) is 46.2 Å².